The van der Waals surface area contributed by atoms with E-state index in [9.17, 15) is 9.59 Å². The SMILES string of the molecule is CCN(CCCNC(=O)c1oc(=O)c2ccccc2c1-c1ccc(C)cc1)c1cccc(C)c1. The fourth-order valence-electron chi connectivity index (χ4n) is 4.21. The summed E-state index contributed by atoms with van der Waals surface area (Å²) < 4.78 is 5.57. The molecule has 0 bridgehead atoms. The molecule has 0 unspecified atom stereocenters. The first-order valence-electron chi connectivity index (χ1n) is 11.7. The molecule has 0 aliphatic heterocycles. The molecule has 1 heterocycles. The van der Waals surface area contributed by atoms with Gasteiger partial charge in [-0.1, -0.05) is 60.2 Å². The van der Waals surface area contributed by atoms with Crippen molar-refractivity contribution in [1.29, 1.82) is 0 Å². The minimum atomic E-state index is -0.506. The van der Waals surface area contributed by atoms with E-state index < -0.39 is 5.63 Å². The summed E-state index contributed by atoms with van der Waals surface area (Å²) in [6.45, 7) is 8.39. The van der Waals surface area contributed by atoms with Crippen LogP contribution < -0.4 is 15.8 Å². The summed E-state index contributed by atoms with van der Waals surface area (Å²) in [5.74, 6) is -0.324. The third-order valence-corrected chi connectivity index (χ3v) is 6.02. The number of carbonyl (C=O) groups is 1. The first kappa shape index (κ1) is 23.3. The fraction of sp³-hybridized carbons (Fsp3) is 0.241. The van der Waals surface area contributed by atoms with Crippen LogP contribution in [-0.4, -0.2) is 25.5 Å². The van der Waals surface area contributed by atoms with Crippen molar-refractivity contribution >= 4 is 22.4 Å². The molecule has 3 aromatic carbocycles. The van der Waals surface area contributed by atoms with Crippen LogP contribution in [0.5, 0.6) is 0 Å². The highest BCUT2D eigenvalue weighted by Crippen LogP contribution is 2.31. The molecule has 5 nitrogen and oxygen atoms in total. The number of fused-ring (bicyclic) bond motifs is 1. The van der Waals surface area contributed by atoms with Crippen LogP contribution in [0.25, 0.3) is 21.9 Å². The molecule has 4 aromatic rings. The summed E-state index contributed by atoms with van der Waals surface area (Å²) in [5, 5.41) is 4.13. The van der Waals surface area contributed by atoms with Crippen molar-refractivity contribution in [2.45, 2.75) is 27.2 Å². The fourth-order valence-corrected chi connectivity index (χ4v) is 4.21. The van der Waals surface area contributed by atoms with Gasteiger partial charge >= 0.3 is 5.63 Å². The number of anilines is 1. The molecule has 1 N–H and O–H groups in total. The zero-order valence-corrected chi connectivity index (χ0v) is 19.9. The van der Waals surface area contributed by atoms with E-state index >= 15 is 0 Å². The van der Waals surface area contributed by atoms with E-state index in [0.717, 1.165) is 30.6 Å². The normalized spacial score (nSPS) is 10.9. The Kier molecular flexibility index (Phi) is 7.12. The molecular weight excluding hydrogens is 424 g/mol. The Labute approximate surface area is 200 Å². The molecule has 0 saturated carbocycles. The van der Waals surface area contributed by atoms with Gasteiger partial charge < -0.3 is 14.6 Å². The lowest BCUT2D eigenvalue weighted by Gasteiger charge is -2.23. The summed E-state index contributed by atoms with van der Waals surface area (Å²) in [6, 6.07) is 23.5. The van der Waals surface area contributed by atoms with Gasteiger partial charge in [-0.15, -0.1) is 0 Å². The lowest BCUT2D eigenvalue weighted by Crippen LogP contribution is -2.30. The largest absolute Gasteiger partial charge is 0.416 e. The van der Waals surface area contributed by atoms with Crippen LogP contribution in [0.15, 0.2) is 82.0 Å². The van der Waals surface area contributed by atoms with Gasteiger partial charge in [-0.2, -0.15) is 0 Å². The van der Waals surface area contributed by atoms with Crippen LogP contribution in [0.3, 0.4) is 0 Å². The first-order valence-corrected chi connectivity index (χ1v) is 11.7. The second-order valence-corrected chi connectivity index (χ2v) is 8.53. The quantitative estimate of drug-likeness (QED) is 0.346. The third kappa shape index (κ3) is 5.04. The molecule has 1 aromatic heterocycles. The number of nitrogens with one attached hydrogen (secondary N) is 1. The second kappa shape index (κ2) is 10.4. The predicted molar refractivity (Wildman–Crippen MR) is 139 cm³/mol. The molecule has 0 spiro atoms. The van der Waals surface area contributed by atoms with E-state index in [1.807, 2.05) is 43.3 Å². The standard InChI is InChI=1S/C29H30N2O3/c1-4-31(23-10-7-9-21(3)19-23)18-8-17-30-28(32)27-26(22-15-13-20(2)14-16-22)24-11-5-6-12-25(24)29(33)34-27/h5-7,9-16,19H,4,8,17-18H2,1-3H3,(H,30,32). The van der Waals surface area contributed by atoms with Gasteiger partial charge in [0.15, 0.2) is 0 Å². The Balaban J connectivity index is 1.55. The number of benzene rings is 3. The summed E-state index contributed by atoms with van der Waals surface area (Å²) in [7, 11) is 0. The molecule has 0 aliphatic carbocycles. The number of amides is 1. The average Bonchev–Trinajstić information content (AvgIpc) is 2.84. The first-order chi connectivity index (χ1) is 16.5. The van der Waals surface area contributed by atoms with Gasteiger partial charge in [0.2, 0.25) is 5.76 Å². The highest BCUT2D eigenvalue weighted by molar-refractivity contribution is 6.07. The van der Waals surface area contributed by atoms with E-state index in [1.54, 1.807) is 12.1 Å². The summed E-state index contributed by atoms with van der Waals surface area (Å²) in [6.07, 6.45) is 0.769. The highest BCUT2D eigenvalue weighted by atomic mass is 16.4. The van der Waals surface area contributed by atoms with Crippen molar-refractivity contribution in [3.05, 3.63) is 100 Å². The Hall–Kier alpha value is -3.86. The topological polar surface area (TPSA) is 62.6 Å². The maximum absolute atomic E-state index is 13.2. The van der Waals surface area contributed by atoms with Crippen LogP contribution in [0.1, 0.15) is 35.0 Å². The van der Waals surface area contributed by atoms with Crippen molar-refractivity contribution in [2.75, 3.05) is 24.5 Å². The van der Waals surface area contributed by atoms with E-state index in [4.69, 9.17) is 4.42 Å². The lowest BCUT2D eigenvalue weighted by molar-refractivity contribution is 0.0923. The maximum Gasteiger partial charge on any atom is 0.344 e. The predicted octanol–water partition coefficient (Wildman–Crippen LogP) is 5.72. The molecule has 0 radical (unpaired) electrons. The zero-order valence-electron chi connectivity index (χ0n) is 19.9. The molecule has 0 atom stereocenters. The van der Waals surface area contributed by atoms with Gasteiger partial charge in [0, 0.05) is 36.3 Å². The van der Waals surface area contributed by atoms with Gasteiger partial charge in [0.1, 0.15) is 0 Å². The molecule has 0 saturated heterocycles. The van der Waals surface area contributed by atoms with Crippen molar-refractivity contribution in [3.63, 3.8) is 0 Å². The van der Waals surface area contributed by atoms with Crippen molar-refractivity contribution in [3.8, 4) is 11.1 Å². The van der Waals surface area contributed by atoms with Gasteiger partial charge in [-0.05, 0) is 56.5 Å². The van der Waals surface area contributed by atoms with Gasteiger partial charge in [0.25, 0.3) is 5.91 Å². The van der Waals surface area contributed by atoms with E-state index in [0.29, 0.717) is 22.9 Å². The molecule has 0 aliphatic rings. The molecular formula is C29H30N2O3. The Morgan fingerprint density at radius 1 is 0.912 bits per heavy atom. The molecule has 4 rings (SSSR count). The van der Waals surface area contributed by atoms with Crippen LogP contribution in [0.2, 0.25) is 0 Å². The molecule has 5 heteroatoms. The number of hydrogen-bond acceptors (Lipinski definition) is 4. The van der Waals surface area contributed by atoms with Gasteiger partial charge in [-0.3, -0.25) is 4.79 Å². The van der Waals surface area contributed by atoms with Crippen molar-refractivity contribution < 1.29 is 9.21 Å². The molecule has 174 valence electrons. The Morgan fingerprint density at radius 3 is 2.35 bits per heavy atom. The highest BCUT2D eigenvalue weighted by Gasteiger charge is 2.21. The van der Waals surface area contributed by atoms with Crippen molar-refractivity contribution in [1.82, 2.24) is 5.32 Å². The number of rotatable bonds is 8. The van der Waals surface area contributed by atoms with E-state index in [-0.39, 0.29) is 11.7 Å². The van der Waals surface area contributed by atoms with Crippen molar-refractivity contribution in [2.24, 2.45) is 0 Å². The lowest BCUT2D eigenvalue weighted by atomic mass is 9.97. The molecule has 1 amide bonds. The maximum atomic E-state index is 13.2. The van der Waals surface area contributed by atoms with Gasteiger partial charge in [0.05, 0.1) is 5.39 Å². The zero-order chi connectivity index (χ0) is 24.1. The van der Waals surface area contributed by atoms with E-state index in [1.165, 1.54) is 11.3 Å². The summed E-state index contributed by atoms with van der Waals surface area (Å²) in [5.41, 5.74) is 4.49. The molecule has 34 heavy (non-hydrogen) atoms. The average molecular weight is 455 g/mol. The number of nitrogens with zero attached hydrogens (tertiary/aromatic N) is 1. The van der Waals surface area contributed by atoms with Gasteiger partial charge in [-0.25, -0.2) is 4.79 Å². The summed E-state index contributed by atoms with van der Waals surface area (Å²) in [4.78, 5) is 28.1. The second-order valence-electron chi connectivity index (χ2n) is 8.53. The summed E-state index contributed by atoms with van der Waals surface area (Å²) >= 11 is 0. The molecule has 0 fully saturated rings. The minimum absolute atomic E-state index is 0.0542. The monoisotopic (exact) mass is 454 g/mol. The Morgan fingerprint density at radius 2 is 1.65 bits per heavy atom. The minimum Gasteiger partial charge on any atom is -0.416 e. The van der Waals surface area contributed by atoms with Crippen LogP contribution in [0.4, 0.5) is 5.69 Å². The number of aryl methyl sites for hydroxylation is 2. The van der Waals surface area contributed by atoms with Crippen LogP contribution in [-0.2, 0) is 0 Å². The number of hydrogen-bond donors (Lipinski definition) is 1. The van der Waals surface area contributed by atoms with E-state index in [2.05, 4.69) is 48.3 Å². The number of carbonyl (C=O) groups excluding carboxylic acids is 1. The van der Waals surface area contributed by atoms with Crippen LogP contribution >= 0.6 is 0 Å². The smallest absolute Gasteiger partial charge is 0.344 e. The Bertz CT molecular complexity index is 1360. The van der Waals surface area contributed by atoms with Crippen LogP contribution in [0, 0.1) is 13.8 Å². The third-order valence-electron chi connectivity index (χ3n) is 6.02.